The van der Waals surface area contributed by atoms with Gasteiger partial charge in [-0.05, 0) is 79.6 Å². The van der Waals surface area contributed by atoms with Gasteiger partial charge in [0, 0.05) is 22.3 Å². The number of carbonyl (C=O) groups is 1. The Morgan fingerprint density at radius 3 is 2.74 bits per heavy atom. The number of hydrogen-bond acceptors (Lipinski definition) is 3. The van der Waals surface area contributed by atoms with Crippen LogP contribution in [0.2, 0.25) is 0 Å². The SMILES string of the molecule is COc1cccc([C@@H]2c3cccn3-c3sc4c(c3CN2C(=O)Nc2ccccc2C)CCCC4)c1. The molecule has 178 valence electrons. The lowest BCUT2D eigenvalue weighted by Gasteiger charge is -2.31. The zero-order valence-corrected chi connectivity index (χ0v) is 20.9. The molecular weight excluding hydrogens is 454 g/mol. The van der Waals surface area contributed by atoms with Gasteiger partial charge in [-0.1, -0.05) is 30.3 Å². The molecule has 2 aromatic carbocycles. The molecule has 6 rings (SSSR count). The fraction of sp³-hybridized carbons (Fsp3) is 0.276. The molecule has 1 atom stereocenters. The lowest BCUT2D eigenvalue weighted by atomic mass is 9.95. The average molecular weight is 484 g/mol. The van der Waals surface area contributed by atoms with E-state index in [4.69, 9.17) is 4.74 Å². The Kier molecular flexibility index (Phi) is 5.61. The van der Waals surface area contributed by atoms with Crippen LogP contribution in [0.5, 0.6) is 5.75 Å². The number of para-hydroxylation sites is 1. The number of aryl methyl sites for hydroxylation is 2. The van der Waals surface area contributed by atoms with E-state index in [1.54, 1.807) is 7.11 Å². The molecule has 3 heterocycles. The van der Waals surface area contributed by atoms with Gasteiger partial charge in [-0.15, -0.1) is 11.3 Å². The van der Waals surface area contributed by atoms with Gasteiger partial charge in [0.05, 0.1) is 25.4 Å². The predicted octanol–water partition coefficient (Wildman–Crippen LogP) is 6.87. The highest BCUT2D eigenvalue weighted by molar-refractivity contribution is 7.15. The van der Waals surface area contributed by atoms with E-state index < -0.39 is 0 Å². The molecule has 2 amide bonds. The van der Waals surface area contributed by atoms with Gasteiger partial charge in [0.2, 0.25) is 0 Å². The standard InChI is InChI=1S/C29H29N3O2S/c1-19-9-3-5-13-24(19)30-29(33)32-18-23-22-12-4-6-15-26(22)35-28(23)31-16-8-14-25(31)27(32)20-10-7-11-21(17-20)34-2/h3,5,7-11,13-14,16-17,27H,4,6,12,15,18H2,1-2H3,(H,30,33)/t27-/m1/s1. The van der Waals surface area contributed by atoms with Gasteiger partial charge in [-0.3, -0.25) is 0 Å². The summed E-state index contributed by atoms with van der Waals surface area (Å²) in [7, 11) is 1.68. The van der Waals surface area contributed by atoms with Crippen LogP contribution in [0.1, 0.15) is 51.7 Å². The van der Waals surface area contributed by atoms with Crippen molar-refractivity contribution in [2.45, 2.75) is 45.2 Å². The first-order valence-corrected chi connectivity index (χ1v) is 13.0. The second-order valence-electron chi connectivity index (χ2n) is 9.35. The first-order valence-electron chi connectivity index (χ1n) is 12.2. The van der Waals surface area contributed by atoms with E-state index in [1.807, 2.05) is 65.6 Å². The summed E-state index contributed by atoms with van der Waals surface area (Å²) in [4.78, 5) is 17.5. The molecule has 1 aliphatic carbocycles. The number of methoxy groups -OCH3 is 1. The van der Waals surface area contributed by atoms with E-state index in [2.05, 4.69) is 34.3 Å². The van der Waals surface area contributed by atoms with Crippen molar-refractivity contribution in [3.8, 4) is 10.8 Å². The molecule has 5 nitrogen and oxygen atoms in total. The number of thiophene rings is 1. The van der Waals surface area contributed by atoms with Crippen molar-refractivity contribution < 1.29 is 9.53 Å². The lowest BCUT2D eigenvalue weighted by Crippen LogP contribution is -2.38. The minimum atomic E-state index is -0.247. The van der Waals surface area contributed by atoms with E-state index in [0.29, 0.717) is 6.54 Å². The molecule has 0 saturated heterocycles. The van der Waals surface area contributed by atoms with E-state index in [9.17, 15) is 4.79 Å². The van der Waals surface area contributed by atoms with Crippen LogP contribution in [0.3, 0.4) is 0 Å². The molecule has 0 spiro atoms. The smallest absolute Gasteiger partial charge is 0.322 e. The lowest BCUT2D eigenvalue weighted by molar-refractivity contribution is 0.194. The number of carbonyl (C=O) groups excluding carboxylic acids is 1. The molecule has 2 aliphatic rings. The summed E-state index contributed by atoms with van der Waals surface area (Å²) in [6, 6.07) is 19.9. The van der Waals surface area contributed by atoms with Gasteiger partial charge in [0.1, 0.15) is 10.8 Å². The van der Waals surface area contributed by atoms with Crippen molar-refractivity contribution in [3.63, 3.8) is 0 Å². The van der Waals surface area contributed by atoms with Crippen molar-refractivity contribution in [2.75, 3.05) is 12.4 Å². The third-order valence-electron chi connectivity index (χ3n) is 7.24. The minimum absolute atomic E-state index is 0.0940. The Balaban J connectivity index is 1.51. The molecule has 0 bridgehead atoms. The number of aromatic nitrogens is 1. The van der Waals surface area contributed by atoms with Crippen LogP contribution >= 0.6 is 11.3 Å². The van der Waals surface area contributed by atoms with Gasteiger partial charge in [0.25, 0.3) is 0 Å². The third-order valence-corrected chi connectivity index (χ3v) is 8.57. The molecule has 0 fully saturated rings. The number of rotatable bonds is 3. The Labute approximate surface area is 210 Å². The van der Waals surface area contributed by atoms with Crippen molar-refractivity contribution in [3.05, 3.63) is 99.7 Å². The number of urea groups is 1. The van der Waals surface area contributed by atoms with Crippen LogP contribution in [-0.4, -0.2) is 22.6 Å². The number of amides is 2. The maximum Gasteiger partial charge on any atom is 0.322 e. The summed E-state index contributed by atoms with van der Waals surface area (Å²) in [6.45, 7) is 2.60. The zero-order chi connectivity index (χ0) is 23.9. The maximum absolute atomic E-state index is 14.0. The van der Waals surface area contributed by atoms with Crippen molar-refractivity contribution in [1.29, 1.82) is 0 Å². The molecule has 1 N–H and O–H groups in total. The Morgan fingerprint density at radius 2 is 1.89 bits per heavy atom. The van der Waals surface area contributed by atoms with Gasteiger partial charge < -0.3 is 19.5 Å². The highest BCUT2D eigenvalue weighted by atomic mass is 32.1. The monoisotopic (exact) mass is 483 g/mol. The quantitative estimate of drug-likeness (QED) is 0.346. The third kappa shape index (κ3) is 3.82. The van der Waals surface area contributed by atoms with Gasteiger partial charge in [-0.2, -0.15) is 0 Å². The second kappa shape index (κ2) is 8.93. The summed E-state index contributed by atoms with van der Waals surface area (Å²) in [6.07, 6.45) is 6.83. The number of hydrogen-bond donors (Lipinski definition) is 1. The van der Waals surface area contributed by atoms with Crippen LogP contribution in [0, 0.1) is 6.92 Å². The largest absolute Gasteiger partial charge is 0.497 e. The fourth-order valence-corrected chi connectivity index (χ4v) is 6.85. The number of anilines is 1. The van der Waals surface area contributed by atoms with Gasteiger partial charge >= 0.3 is 6.03 Å². The molecule has 0 radical (unpaired) electrons. The number of ether oxygens (including phenoxy) is 1. The van der Waals surface area contributed by atoms with Crippen molar-refractivity contribution >= 4 is 23.1 Å². The number of fused-ring (bicyclic) bond motifs is 5. The fourth-order valence-electron chi connectivity index (χ4n) is 5.45. The van der Waals surface area contributed by atoms with Crippen molar-refractivity contribution in [2.24, 2.45) is 0 Å². The minimum Gasteiger partial charge on any atom is -0.497 e. The highest BCUT2D eigenvalue weighted by Crippen LogP contribution is 2.44. The molecule has 1 aliphatic heterocycles. The summed E-state index contributed by atoms with van der Waals surface area (Å²) in [5.74, 6) is 0.788. The summed E-state index contributed by atoms with van der Waals surface area (Å²) in [5.41, 5.74) is 6.77. The molecule has 0 saturated carbocycles. The first kappa shape index (κ1) is 22.0. The number of nitrogens with one attached hydrogen (secondary N) is 1. The summed E-state index contributed by atoms with van der Waals surface area (Å²) in [5, 5.41) is 4.47. The molecule has 2 aromatic heterocycles. The molecule has 4 aromatic rings. The maximum atomic E-state index is 14.0. The molecule has 6 heteroatoms. The second-order valence-corrected chi connectivity index (χ2v) is 10.4. The molecule has 35 heavy (non-hydrogen) atoms. The number of nitrogens with zero attached hydrogens (tertiary/aromatic N) is 2. The summed E-state index contributed by atoms with van der Waals surface area (Å²) >= 11 is 1.90. The van der Waals surface area contributed by atoms with E-state index in [0.717, 1.165) is 41.1 Å². The average Bonchev–Trinajstić information content (AvgIpc) is 3.47. The van der Waals surface area contributed by atoms with Crippen LogP contribution in [0.15, 0.2) is 66.9 Å². The predicted molar refractivity (Wildman–Crippen MR) is 141 cm³/mol. The Bertz CT molecular complexity index is 1400. The van der Waals surface area contributed by atoms with Crippen molar-refractivity contribution in [1.82, 2.24) is 9.47 Å². The number of benzene rings is 2. The molecule has 0 unspecified atom stereocenters. The van der Waals surface area contributed by atoms with E-state index in [-0.39, 0.29) is 12.1 Å². The van der Waals surface area contributed by atoms with E-state index >= 15 is 0 Å². The van der Waals surface area contributed by atoms with Crippen LogP contribution in [0.25, 0.3) is 5.00 Å². The Morgan fingerprint density at radius 1 is 1.03 bits per heavy atom. The first-order chi connectivity index (χ1) is 17.1. The topological polar surface area (TPSA) is 46.5 Å². The zero-order valence-electron chi connectivity index (χ0n) is 20.1. The van der Waals surface area contributed by atoms with Crippen LogP contribution in [0.4, 0.5) is 10.5 Å². The normalized spacial score (nSPS) is 16.6. The summed E-state index contributed by atoms with van der Waals surface area (Å²) < 4.78 is 7.86. The Hall–Kier alpha value is -3.51. The van der Waals surface area contributed by atoms with Gasteiger partial charge in [-0.25, -0.2) is 4.79 Å². The van der Waals surface area contributed by atoms with E-state index in [1.165, 1.54) is 33.8 Å². The van der Waals surface area contributed by atoms with Gasteiger partial charge in [0.15, 0.2) is 0 Å². The van der Waals surface area contributed by atoms with Crippen LogP contribution in [-0.2, 0) is 19.4 Å². The highest BCUT2D eigenvalue weighted by Gasteiger charge is 2.36. The molecular formula is C29H29N3O2S. The van der Waals surface area contributed by atoms with Crippen LogP contribution < -0.4 is 10.1 Å².